The Labute approximate surface area is 204 Å². The van der Waals surface area contributed by atoms with Crippen molar-refractivity contribution in [3.8, 4) is 6.07 Å². The molecule has 2 saturated heterocycles. The molecule has 0 spiro atoms. The Hall–Kier alpha value is -1.85. The van der Waals surface area contributed by atoms with Gasteiger partial charge in [-0.3, -0.25) is 9.69 Å². The van der Waals surface area contributed by atoms with E-state index in [0.717, 1.165) is 25.3 Å². The van der Waals surface area contributed by atoms with Crippen LogP contribution in [-0.4, -0.2) is 78.8 Å². The van der Waals surface area contributed by atoms with Crippen molar-refractivity contribution in [1.29, 1.82) is 5.26 Å². The summed E-state index contributed by atoms with van der Waals surface area (Å²) in [5.41, 5.74) is -0.866. The first-order chi connectivity index (χ1) is 16.5. The highest BCUT2D eigenvalue weighted by Gasteiger charge is 2.44. The number of likely N-dealkylation sites (tertiary alicyclic amines) is 1. The molecule has 4 rings (SSSR count). The molecule has 2 N–H and O–H groups in total. The Balaban J connectivity index is 1.39. The largest absolute Gasteiger partial charge is 0.378 e. The van der Waals surface area contributed by atoms with Gasteiger partial charge in [-0.1, -0.05) is 39.0 Å². The van der Waals surface area contributed by atoms with Crippen LogP contribution in [0.2, 0.25) is 0 Å². The van der Waals surface area contributed by atoms with Gasteiger partial charge in [0.15, 0.2) is 0 Å². The predicted molar refractivity (Wildman–Crippen MR) is 130 cm³/mol. The van der Waals surface area contributed by atoms with E-state index in [2.05, 4.69) is 28.5 Å². The van der Waals surface area contributed by atoms with Crippen LogP contribution in [0.3, 0.4) is 0 Å². The Bertz CT molecular complexity index is 735. The number of nitrogens with zero attached hydrogens (tertiary/aromatic N) is 3. The average Bonchev–Trinajstić information content (AvgIpc) is 3.29. The number of hydrogen-bond donors (Lipinski definition) is 2. The summed E-state index contributed by atoms with van der Waals surface area (Å²) in [5, 5.41) is 16.3. The fourth-order valence-corrected chi connectivity index (χ4v) is 6.30. The van der Waals surface area contributed by atoms with Crippen LogP contribution in [0.15, 0.2) is 0 Å². The van der Waals surface area contributed by atoms with Gasteiger partial charge in [0.1, 0.15) is 11.6 Å². The Morgan fingerprint density at radius 2 is 1.76 bits per heavy atom. The van der Waals surface area contributed by atoms with Gasteiger partial charge in [0.05, 0.1) is 19.3 Å². The van der Waals surface area contributed by atoms with Gasteiger partial charge in [0, 0.05) is 32.2 Å². The van der Waals surface area contributed by atoms with Gasteiger partial charge in [-0.15, -0.1) is 0 Å². The zero-order valence-corrected chi connectivity index (χ0v) is 20.9. The molecule has 190 valence electrons. The van der Waals surface area contributed by atoms with Gasteiger partial charge in [0.2, 0.25) is 5.91 Å². The van der Waals surface area contributed by atoms with Gasteiger partial charge in [0.25, 0.3) is 0 Å². The van der Waals surface area contributed by atoms with Gasteiger partial charge >= 0.3 is 6.03 Å². The molecular weight excluding hydrogens is 430 g/mol. The van der Waals surface area contributed by atoms with Crippen molar-refractivity contribution >= 4 is 11.9 Å². The highest BCUT2D eigenvalue weighted by Crippen LogP contribution is 2.32. The topological polar surface area (TPSA) is 97.7 Å². The number of urea groups is 1. The number of amides is 3. The molecule has 8 heteroatoms. The van der Waals surface area contributed by atoms with Crippen molar-refractivity contribution in [2.45, 2.75) is 95.2 Å². The third kappa shape index (κ3) is 6.42. The van der Waals surface area contributed by atoms with Crippen molar-refractivity contribution in [2.24, 2.45) is 11.8 Å². The van der Waals surface area contributed by atoms with Crippen LogP contribution >= 0.6 is 0 Å². The summed E-state index contributed by atoms with van der Waals surface area (Å²) < 4.78 is 5.36. The summed E-state index contributed by atoms with van der Waals surface area (Å²) in [6.07, 6.45) is 12.0. The lowest BCUT2D eigenvalue weighted by Gasteiger charge is -2.35. The van der Waals surface area contributed by atoms with E-state index < -0.39 is 11.6 Å². The van der Waals surface area contributed by atoms with E-state index in [1.807, 2.05) is 0 Å². The number of nitrogens with one attached hydrogen (secondary N) is 2. The molecule has 0 aromatic carbocycles. The van der Waals surface area contributed by atoms with E-state index >= 15 is 0 Å². The molecule has 0 radical (unpaired) electrons. The van der Waals surface area contributed by atoms with Crippen molar-refractivity contribution in [1.82, 2.24) is 20.4 Å². The van der Waals surface area contributed by atoms with Crippen LogP contribution in [0.4, 0.5) is 4.79 Å². The lowest BCUT2D eigenvalue weighted by atomic mass is 9.84. The molecule has 2 saturated carbocycles. The Morgan fingerprint density at radius 1 is 1.06 bits per heavy atom. The van der Waals surface area contributed by atoms with E-state index in [1.165, 1.54) is 44.9 Å². The first-order valence-electron chi connectivity index (χ1n) is 13.6. The molecular formula is C26H43N5O3. The molecule has 2 aliphatic carbocycles. The number of morpholine rings is 1. The van der Waals surface area contributed by atoms with E-state index in [0.29, 0.717) is 57.6 Å². The average molecular weight is 474 g/mol. The van der Waals surface area contributed by atoms with Gasteiger partial charge in [-0.25, -0.2) is 4.79 Å². The lowest BCUT2D eigenvalue weighted by Crippen LogP contribution is -2.59. The maximum Gasteiger partial charge on any atom is 0.318 e. The maximum atomic E-state index is 13.5. The van der Waals surface area contributed by atoms with Crippen LogP contribution in [-0.2, 0) is 9.53 Å². The highest BCUT2D eigenvalue weighted by atomic mass is 16.5. The second-order valence-electron chi connectivity index (χ2n) is 11.2. The fourth-order valence-electron chi connectivity index (χ4n) is 6.30. The van der Waals surface area contributed by atoms with Crippen LogP contribution in [0.5, 0.6) is 0 Å². The molecule has 2 unspecified atom stereocenters. The van der Waals surface area contributed by atoms with Crippen LogP contribution < -0.4 is 10.6 Å². The predicted octanol–water partition coefficient (Wildman–Crippen LogP) is 3.03. The summed E-state index contributed by atoms with van der Waals surface area (Å²) in [4.78, 5) is 30.6. The SMILES string of the molecule is CC1CCC(N2CCC(C#N)(NC(=O)C(CC3CCCCC3)NC(=O)N3CCOCC3)C2)CC1. The summed E-state index contributed by atoms with van der Waals surface area (Å²) in [6, 6.07) is 2.16. The molecule has 4 fully saturated rings. The first kappa shape index (κ1) is 25.2. The number of nitriles is 1. The van der Waals surface area contributed by atoms with Crippen molar-refractivity contribution in [3.05, 3.63) is 0 Å². The molecule has 0 aromatic heterocycles. The van der Waals surface area contributed by atoms with E-state index in [-0.39, 0.29) is 11.9 Å². The fraction of sp³-hybridized carbons (Fsp3) is 0.885. The highest BCUT2D eigenvalue weighted by molar-refractivity contribution is 5.88. The van der Waals surface area contributed by atoms with Crippen LogP contribution in [0.25, 0.3) is 0 Å². The third-order valence-corrected chi connectivity index (χ3v) is 8.58. The minimum Gasteiger partial charge on any atom is -0.378 e. The molecule has 2 aliphatic heterocycles. The number of carbonyl (C=O) groups excluding carboxylic acids is 2. The Kier molecular flexibility index (Phi) is 8.70. The monoisotopic (exact) mass is 473 g/mol. The molecule has 2 atom stereocenters. The third-order valence-electron chi connectivity index (χ3n) is 8.58. The standard InChI is InChI=1S/C26H43N5O3/c1-20-7-9-22(10-8-20)31-12-11-26(18-27,19-31)29-24(32)23(17-21-5-3-2-4-6-21)28-25(33)30-13-15-34-16-14-30/h20-23H,2-17,19H2,1H3,(H,28,33)(H,29,32). The maximum absolute atomic E-state index is 13.5. The zero-order valence-electron chi connectivity index (χ0n) is 20.9. The molecule has 8 nitrogen and oxygen atoms in total. The quantitative estimate of drug-likeness (QED) is 0.618. The minimum absolute atomic E-state index is 0.199. The summed E-state index contributed by atoms with van der Waals surface area (Å²) >= 11 is 0. The second-order valence-corrected chi connectivity index (χ2v) is 11.2. The lowest BCUT2D eigenvalue weighted by molar-refractivity contribution is -0.124. The number of carbonyl (C=O) groups is 2. The molecule has 0 bridgehead atoms. The van der Waals surface area contributed by atoms with Crippen molar-refractivity contribution in [3.63, 3.8) is 0 Å². The molecule has 2 heterocycles. The molecule has 34 heavy (non-hydrogen) atoms. The van der Waals surface area contributed by atoms with E-state index in [9.17, 15) is 14.9 Å². The zero-order chi connectivity index (χ0) is 24.0. The smallest absolute Gasteiger partial charge is 0.318 e. The normalized spacial score (nSPS) is 32.1. The summed E-state index contributed by atoms with van der Waals surface area (Å²) in [6.45, 7) is 5.89. The van der Waals surface area contributed by atoms with Crippen molar-refractivity contribution in [2.75, 3.05) is 39.4 Å². The summed E-state index contributed by atoms with van der Waals surface area (Å²) in [7, 11) is 0. The first-order valence-corrected chi connectivity index (χ1v) is 13.6. The number of ether oxygens (including phenoxy) is 1. The Morgan fingerprint density at radius 3 is 2.44 bits per heavy atom. The number of rotatable bonds is 6. The van der Waals surface area contributed by atoms with Crippen LogP contribution in [0, 0.1) is 23.2 Å². The van der Waals surface area contributed by atoms with Gasteiger partial charge < -0.3 is 20.3 Å². The van der Waals surface area contributed by atoms with Crippen LogP contribution in [0.1, 0.15) is 77.6 Å². The summed E-state index contributed by atoms with van der Waals surface area (Å²) in [5.74, 6) is 1.03. The van der Waals surface area contributed by atoms with Gasteiger partial charge in [-0.05, 0) is 50.4 Å². The number of hydrogen-bond acceptors (Lipinski definition) is 5. The van der Waals surface area contributed by atoms with Crippen molar-refractivity contribution < 1.29 is 14.3 Å². The van der Waals surface area contributed by atoms with Gasteiger partial charge in [-0.2, -0.15) is 5.26 Å². The molecule has 0 aromatic rings. The van der Waals surface area contributed by atoms with E-state index in [1.54, 1.807) is 4.90 Å². The molecule has 3 amide bonds. The molecule has 4 aliphatic rings. The van der Waals surface area contributed by atoms with E-state index in [4.69, 9.17) is 4.74 Å². The minimum atomic E-state index is -0.866. The second kappa shape index (κ2) is 11.7.